The van der Waals surface area contributed by atoms with Crippen LogP contribution in [0.5, 0.6) is 0 Å². The molecule has 0 radical (unpaired) electrons. The van der Waals surface area contributed by atoms with Crippen LogP contribution < -0.4 is 10.4 Å². The van der Waals surface area contributed by atoms with E-state index in [1.165, 1.54) is 30.3 Å². The molecule has 1 amide bonds. The van der Waals surface area contributed by atoms with Gasteiger partial charge in [-0.3, -0.25) is 4.79 Å². The van der Waals surface area contributed by atoms with E-state index in [1.54, 1.807) is 12.1 Å². The van der Waals surface area contributed by atoms with Crippen LogP contribution in [0.2, 0.25) is 0 Å². The summed E-state index contributed by atoms with van der Waals surface area (Å²) in [7, 11) is 0. The molecule has 0 aromatic heterocycles. The quantitative estimate of drug-likeness (QED) is 0.689. The maximum absolute atomic E-state index is 12.1. The van der Waals surface area contributed by atoms with Gasteiger partial charge in [0.15, 0.2) is 0 Å². The summed E-state index contributed by atoms with van der Waals surface area (Å²) in [5.74, 6) is -1.81. The van der Waals surface area contributed by atoms with Crippen molar-refractivity contribution in [1.29, 1.82) is 5.26 Å². The Morgan fingerprint density at radius 2 is 1.70 bits per heavy atom. The zero-order valence-electron chi connectivity index (χ0n) is 12.4. The van der Waals surface area contributed by atoms with Crippen LogP contribution in [0.1, 0.15) is 21.5 Å². The third kappa shape index (κ3) is 4.29. The summed E-state index contributed by atoms with van der Waals surface area (Å²) >= 11 is 0. The van der Waals surface area contributed by atoms with Crippen LogP contribution in [0.3, 0.4) is 0 Å². The van der Waals surface area contributed by atoms with Crippen molar-refractivity contribution in [3.63, 3.8) is 0 Å². The number of nitrogens with zero attached hydrogens (tertiary/aromatic N) is 1. The normalized spacial score (nSPS) is 10.7. The van der Waals surface area contributed by atoms with Crippen LogP contribution in [0.15, 0.2) is 54.1 Å². The van der Waals surface area contributed by atoms with E-state index in [0.29, 0.717) is 11.3 Å². The number of hydrogen-bond donors (Lipinski definition) is 1. The molecule has 0 spiro atoms. The van der Waals surface area contributed by atoms with Gasteiger partial charge >= 0.3 is 0 Å². The number of carbonyl (C=O) groups excluding carboxylic acids is 2. The molecule has 0 saturated carbocycles. The van der Waals surface area contributed by atoms with Gasteiger partial charge in [0.25, 0.3) is 5.91 Å². The van der Waals surface area contributed by atoms with Crippen LogP contribution in [0, 0.1) is 18.3 Å². The standard InChI is InChI=1S/C18H14N2O3/c1-12-2-8-16(9-3-12)20-17(21)15(11-19)10-13-4-6-14(7-5-13)18(22)23/h2-10H,1H3,(H,20,21)(H,22,23)/p-1. The number of carbonyl (C=O) groups is 2. The lowest BCUT2D eigenvalue weighted by atomic mass is 10.1. The van der Waals surface area contributed by atoms with Crippen LogP contribution >= 0.6 is 0 Å². The molecule has 0 atom stereocenters. The first kappa shape index (κ1) is 16.0. The van der Waals surface area contributed by atoms with Gasteiger partial charge in [-0.2, -0.15) is 5.26 Å². The van der Waals surface area contributed by atoms with E-state index in [4.69, 9.17) is 5.26 Å². The summed E-state index contributed by atoms with van der Waals surface area (Å²) in [6.07, 6.45) is 1.39. The topological polar surface area (TPSA) is 93.0 Å². The molecular weight excluding hydrogens is 292 g/mol. The lowest BCUT2D eigenvalue weighted by molar-refractivity contribution is -0.255. The first-order chi connectivity index (χ1) is 11.0. The van der Waals surface area contributed by atoms with Gasteiger partial charge in [-0.05, 0) is 36.3 Å². The Labute approximate surface area is 133 Å². The number of aryl methyl sites for hydroxylation is 1. The Morgan fingerprint density at radius 1 is 1.09 bits per heavy atom. The fourth-order valence-corrected chi connectivity index (χ4v) is 1.87. The van der Waals surface area contributed by atoms with Crippen molar-refractivity contribution in [3.8, 4) is 6.07 Å². The van der Waals surface area contributed by atoms with Crippen LogP contribution in [-0.4, -0.2) is 11.9 Å². The highest BCUT2D eigenvalue weighted by molar-refractivity contribution is 6.09. The monoisotopic (exact) mass is 305 g/mol. The van der Waals surface area contributed by atoms with E-state index in [-0.39, 0.29) is 11.1 Å². The van der Waals surface area contributed by atoms with E-state index in [1.807, 2.05) is 25.1 Å². The molecule has 0 aliphatic heterocycles. The minimum atomic E-state index is -1.28. The predicted octanol–water partition coefficient (Wildman–Crippen LogP) is 1.90. The number of carboxylic acid groups (broad SMARTS) is 1. The van der Waals surface area contributed by atoms with Crippen molar-refractivity contribution in [1.82, 2.24) is 0 Å². The van der Waals surface area contributed by atoms with Gasteiger partial charge in [-0.25, -0.2) is 0 Å². The summed E-state index contributed by atoms with van der Waals surface area (Å²) in [5, 5.41) is 22.5. The Morgan fingerprint density at radius 3 is 2.22 bits per heavy atom. The van der Waals surface area contributed by atoms with Crippen molar-refractivity contribution in [2.45, 2.75) is 6.92 Å². The Balaban J connectivity index is 2.17. The molecular formula is C18H13N2O3-. The lowest BCUT2D eigenvalue weighted by Crippen LogP contribution is -2.21. The summed E-state index contributed by atoms with van der Waals surface area (Å²) in [4.78, 5) is 22.8. The molecule has 1 N–H and O–H groups in total. The zero-order valence-corrected chi connectivity index (χ0v) is 12.4. The first-order valence-corrected chi connectivity index (χ1v) is 6.81. The molecule has 0 fully saturated rings. The highest BCUT2D eigenvalue weighted by Crippen LogP contribution is 2.13. The fraction of sp³-hybridized carbons (Fsp3) is 0.0556. The molecule has 23 heavy (non-hydrogen) atoms. The summed E-state index contributed by atoms with van der Waals surface area (Å²) in [6.45, 7) is 1.93. The van der Waals surface area contributed by atoms with E-state index in [9.17, 15) is 14.7 Å². The minimum absolute atomic E-state index is 0.0322. The average molecular weight is 305 g/mol. The number of amides is 1. The molecule has 0 aliphatic rings. The SMILES string of the molecule is Cc1ccc(NC(=O)C(C#N)=Cc2ccc(C(=O)[O-])cc2)cc1. The van der Waals surface area contributed by atoms with Crippen LogP contribution in [0.4, 0.5) is 5.69 Å². The van der Waals surface area contributed by atoms with E-state index in [0.717, 1.165) is 5.56 Å². The fourth-order valence-electron chi connectivity index (χ4n) is 1.87. The van der Waals surface area contributed by atoms with Crippen molar-refractivity contribution >= 4 is 23.6 Å². The molecule has 114 valence electrons. The number of hydrogen-bond acceptors (Lipinski definition) is 4. The van der Waals surface area contributed by atoms with Gasteiger partial charge in [0, 0.05) is 5.69 Å². The summed E-state index contributed by atoms with van der Waals surface area (Å²) < 4.78 is 0. The molecule has 5 nitrogen and oxygen atoms in total. The molecule has 2 aromatic carbocycles. The van der Waals surface area contributed by atoms with E-state index in [2.05, 4.69) is 5.32 Å². The van der Waals surface area contributed by atoms with Crippen LogP contribution in [0.25, 0.3) is 6.08 Å². The molecule has 5 heteroatoms. The Bertz CT molecular complexity index is 798. The van der Waals surface area contributed by atoms with E-state index < -0.39 is 11.9 Å². The highest BCUT2D eigenvalue weighted by atomic mass is 16.4. The van der Waals surface area contributed by atoms with Crippen LogP contribution in [-0.2, 0) is 4.79 Å². The summed E-state index contributed by atoms with van der Waals surface area (Å²) in [6, 6.07) is 14.7. The maximum atomic E-state index is 12.1. The number of nitrogens with one attached hydrogen (secondary N) is 1. The number of anilines is 1. The molecule has 2 aromatic rings. The molecule has 0 unspecified atom stereocenters. The molecule has 0 saturated heterocycles. The van der Waals surface area contributed by atoms with E-state index >= 15 is 0 Å². The predicted molar refractivity (Wildman–Crippen MR) is 84.2 cm³/mol. The molecule has 2 rings (SSSR count). The van der Waals surface area contributed by atoms with Gasteiger partial charge in [-0.15, -0.1) is 0 Å². The Hall–Kier alpha value is -3.39. The lowest BCUT2D eigenvalue weighted by Gasteiger charge is -2.05. The van der Waals surface area contributed by atoms with Gasteiger partial charge in [0.05, 0.1) is 5.97 Å². The largest absolute Gasteiger partial charge is 0.545 e. The number of rotatable bonds is 4. The number of carboxylic acids is 1. The van der Waals surface area contributed by atoms with Gasteiger partial charge in [0.1, 0.15) is 11.6 Å². The minimum Gasteiger partial charge on any atom is -0.545 e. The van der Waals surface area contributed by atoms with Gasteiger partial charge in [-0.1, -0.05) is 42.0 Å². The van der Waals surface area contributed by atoms with Crippen molar-refractivity contribution in [2.75, 3.05) is 5.32 Å². The second-order valence-corrected chi connectivity index (χ2v) is 4.90. The number of aromatic carboxylic acids is 1. The van der Waals surface area contributed by atoms with Crippen molar-refractivity contribution in [3.05, 3.63) is 70.8 Å². The summed E-state index contributed by atoms with van der Waals surface area (Å²) in [5.41, 5.74) is 2.16. The second kappa shape index (κ2) is 7.05. The number of benzene rings is 2. The third-order valence-electron chi connectivity index (χ3n) is 3.13. The average Bonchev–Trinajstić information content (AvgIpc) is 2.55. The highest BCUT2D eigenvalue weighted by Gasteiger charge is 2.09. The smallest absolute Gasteiger partial charge is 0.266 e. The third-order valence-corrected chi connectivity index (χ3v) is 3.13. The first-order valence-electron chi connectivity index (χ1n) is 6.81. The Kier molecular flexibility index (Phi) is 4.90. The molecule has 0 aliphatic carbocycles. The van der Waals surface area contributed by atoms with Gasteiger partial charge < -0.3 is 15.2 Å². The second-order valence-electron chi connectivity index (χ2n) is 4.90. The zero-order chi connectivity index (χ0) is 16.8. The van der Waals surface area contributed by atoms with Crippen molar-refractivity contribution < 1.29 is 14.7 Å². The van der Waals surface area contributed by atoms with Gasteiger partial charge in [0.2, 0.25) is 0 Å². The molecule has 0 heterocycles. The van der Waals surface area contributed by atoms with Crippen molar-refractivity contribution in [2.24, 2.45) is 0 Å². The molecule has 0 bridgehead atoms. The number of nitriles is 1. The maximum Gasteiger partial charge on any atom is 0.266 e.